The minimum Gasteiger partial charge on any atom is -0.383 e. The predicted octanol–water partition coefficient (Wildman–Crippen LogP) is 3.05. The fraction of sp³-hybridized carbons (Fsp3) is 0.500. The molecule has 0 fully saturated rings. The topological polar surface area (TPSA) is 52.0 Å². The molecule has 6 heteroatoms. The lowest BCUT2D eigenvalue weighted by molar-refractivity contribution is 0.156. The number of hydrogen-bond donors (Lipinski definition) is 1. The largest absolute Gasteiger partial charge is 0.383 e. The van der Waals surface area contributed by atoms with Crippen LogP contribution in [0.2, 0.25) is 5.02 Å². The van der Waals surface area contributed by atoms with E-state index in [4.69, 9.17) is 16.3 Å². The summed E-state index contributed by atoms with van der Waals surface area (Å²) in [5, 5.41) is 8.87. The Hall–Kier alpha value is -1.43. The van der Waals surface area contributed by atoms with Crippen LogP contribution in [0.5, 0.6) is 0 Å². The zero-order valence-electron chi connectivity index (χ0n) is 12.9. The monoisotopic (exact) mass is 320 g/mol. The molecule has 1 aromatic heterocycles. The number of methoxy groups -OCH3 is 1. The molecule has 2 aromatic rings. The van der Waals surface area contributed by atoms with E-state index < -0.39 is 0 Å². The van der Waals surface area contributed by atoms with Gasteiger partial charge in [0.05, 0.1) is 18.7 Å². The zero-order chi connectivity index (χ0) is 15.5. The Balaban J connectivity index is 1.81. The first kappa shape index (κ1) is 15.5. The fourth-order valence-electron chi connectivity index (χ4n) is 2.97. The highest BCUT2D eigenvalue weighted by Gasteiger charge is 2.26. The summed E-state index contributed by atoms with van der Waals surface area (Å²) in [5.74, 6) is 1.86. The molecule has 1 aromatic carbocycles. The van der Waals surface area contributed by atoms with Crippen LogP contribution in [0.15, 0.2) is 24.3 Å². The number of benzene rings is 1. The molecule has 0 aliphatic carbocycles. The second kappa shape index (κ2) is 6.77. The summed E-state index contributed by atoms with van der Waals surface area (Å²) in [6, 6.07) is 8.21. The fourth-order valence-corrected chi connectivity index (χ4v) is 3.10. The Morgan fingerprint density at radius 3 is 2.91 bits per heavy atom. The second-order valence-electron chi connectivity index (χ2n) is 5.66. The maximum Gasteiger partial charge on any atom is 0.147 e. The molecule has 0 amide bonds. The Morgan fingerprint density at radius 2 is 2.18 bits per heavy atom. The van der Waals surface area contributed by atoms with Gasteiger partial charge in [0, 0.05) is 18.7 Å². The first-order valence-corrected chi connectivity index (χ1v) is 7.97. The van der Waals surface area contributed by atoms with Crippen molar-refractivity contribution in [1.82, 2.24) is 20.1 Å². The molecule has 1 aliphatic heterocycles. The lowest BCUT2D eigenvalue weighted by atomic mass is 10.0. The van der Waals surface area contributed by atoms with Gasteiger partial charge in [-0.1, -0.05) is 23.7 Å². The number of aromatic nitrogens is 3. The van der Waals surface area contributed by atoms with Crippen LogP contribution in [0.4, 0.5) is 0 Å². The number of ether oxygens (including phenoxy) is 1. The van der Waals surface area contributed by atoms with Crippen molar-refractivity contribution in [2.75, 3.05) is 13.7 Å². The Bertz CT molecular complexity index is 626. The van der Waals surface area contributed by atoms with E-state index in [-0.39, 0.29) is 12.1 Å². The van der Waals surface area contributed by atoms with Gasteiger partial charge in [0.1, 0.15) is 11.6 Å². The van der Waals surface area contributed by atoms with Gasteiger partial charge < -0.3 is 4.74 Å². The molecule has 1 aliphatic rings. The summed E-state index contributed by atoms with van der Waals surface area (Å²) >= 11 is 5.98. The first-order chi connectivity index (χ1) is 10.7. The van der Waals surface area contributed by atoms with Crippen molar-refractivity contribution >= 4 is 11.6 Å². The van der Waals surface area contributed by atoms with Crippen LogP contribution < -0.4 is 5.32 Å². The van der Waals surface area contributed by atoms with Crippen LogP contribution in [0.3, 0.4) is 0 Å². The normalized spacial score (nSPS) is 19.0. The van der Waals surface area contributed by atoms with Crippen molar-refractivity contribution in [3.8, 4) is 0 Å². The molecule has 3 rings (SSSR count). The third-order valence-corrected chi connectivity index (χ3v) is 4.24. The molecule has 2 heterocycles. The van der Waals surface area contributed by atoms with Gasteiger partial charge in [0.15, 0.2) is 0 Å². The second-order valence-corrected chi connectivity index (χ2v) is 6.10. The number of rotatable bonds is 5. The summed E-state index contributed by atoms with van der Waals surface area (Å²) in [6.45, 7) is 3.49. The lowest BCUT2D eigenvalue weighted by Gasteiger charge is -2.28. The van der Waals surface area contributed by atoms with E-state index in [9.17, 15) is 0 Å². The molecule has 118 valence electrons. The summed E-state index contributed by atoms with van der Waals surface area (Å²) in [4.78, 5) is 4.58. The molecule has 1 N–H and O–H groups in total. The molecule has 22 heavy (non-hydrogen) atoms. The molecule has 0 saturated carbocycles. The number of nitrogens with one attached hydrogen (secondary N) is 1. The van der Waals surface area contributed by atoms with Gasteiger partial charge in [-0.3, -0.25) is 5.32 Å². The SMILES string of the molecule is COC[C@H](N[C@@H]1CCCn2nc(C)nc21)c1ccc(Cl)cc1. The van der Waals surface area contributed by atoms with Crippen molar-refractivity contribution in [3.05, 3.63) is 46.5 Å². The smallest absolute Gasteiger partial charge is 0.147 e. The van der Waals surface area contributed by atoms with Crippen molar-refractivity contribution in [2.45, 2.75) is 38.4 Å². The van der Waals surface area contributed by atoms with E-state index in [2.05, 4.69) is 15.4 Å². The minimum atomic E-state index is 0.107. The molecule has 0 bridgehead atoms. The van der Waals surface area contributed by atoms with Crippen LogP contribution in [-0.4, -0.2) is 28.5 Å². The van der Waals surface area contributed by atoms with Gasteiger partial charge in [0.2, 0.25) is 0 Å². The van der Waals surface area contributed by atoms with Gasteiger partial charge in [0.25, 0.3) is 0 Å². The van der Waals surface area contributed by atoms with E-state index in [1.807, 2.05) is 35.9 Å². The highest BCUT2D eigenvalue weighted by atomic mass is 35.5. The minimum absolute atomic E-state index is 0.107. The number of halogens is 1. The Kier molecular flexibility index (Phi) is 4.76. The van der Waals surface area contributed by atoms with Gasteiger partial charge in [-0.15, -0.1) is 0 Å². The highest BCUT2D eigenvalue weighted by Crippen LogP contribution is 2.27. The van der Waals surface area contributed by atoms with Gasteiger partial charge in [-0.05, 0) is 37.5 Å². The summed E-state index contributed by atoms with van der Waals surface area (Å²) < 4.78 is 7.40. The van der Waals surface area contributed by atoms with Gasteiger partial charge in [-0.2, -0.15) is 5.10 Å². The lowest BCUT2D eigenvalue weighted by Crippen LogP contribution is -2.33. The predicted molar refractivity (Wildman–Crippen MR) is 85.9 cm³/mol. The van der Waals surface area contributed by atoms with Crippen LogP contribution in [0.25, 0.3) is 0 Å². The molecule has 0 unspecified atom stereocenters. The summed E-state index contributed by atoms with van der Waals surface area (Å²) in [7, 11) is 1.72. The van der Waals surface area contributed by atoms with Crippen LogP contribution in [0.1, 0.15) is 42.1 Å². The molecule has 0 spiro atoms. The summed E-state index contributed by atoms with van der Waals surface area (Å²) in [6.07, 6.45) is 2.17. The number of nitrogens with zero attached hydrogens (tertiary/aromatic N) is 3. The molecular formula is C16H21ClN4O. The maximum absolute atomic E-state index is 5.98. The van der Waals surface area contributed by atoms with Crippen LogP contribution in [0, 0.1) is 6.92 Å². The molecule has 2 atom stereocenters. The van der Waals surface area contributed by atoms with Crippen molar-refractivity contribution in [3.63, 3.8) is 0 Å². The molecule has 0 saturated heterocycles. The molecular weight excluding hydrogens is 300 g/mol. The van der Waals surface area contributed by atoms with E-state index in [0.29, 0.717) is 6.61 Å². The van der Waals surface area contributed by atoms with Crippen molar-refractivity contribution < 1.29 is 4.74 Å². The van der Waals surface area contributed by atoms with Gasteiger partial charge >= 0.3 is 0 Å². The average Bonchev–Trinajstić information content (AvgIpc) is 2.89. The molecule has 0 radical (unpaired) electrons. The van der Waals surface area contributed by atoms with E-state index in [1.165, 1.54) is 5.56 Å². The number of fused-ring (bicyclic) bond motifs is 1. The van der Waals surface area contributed by atoms with Crippen LogP contribution in [-0.2, 0) is 11.3 Å². The van der Waals surface area contributed by atoms with E-state index in [1.54, 1.807) is 7.11 Å². The maximum atomic E-state index is 5.98. The van der Waals surface area contributed by atoms with Gasteiger partial charge in [-0.25, -0.2) is 9.67 Å². The number of hydrogen-bond acceptors (Lipinski definition) is 4. The average molecular weight is 321 g/mol. The third kappa shape index (κ3) is 3.32. The standard InChI is InChI=1S/C16H21ClN4O/c1-11-18-16-14(4-3-9-21(16)20-11)19-15(10-22-2)12-5-7-13(17)8-6-12/h5-8,14-15,19H,3-4,9-10H2,1-2H3/t14-,15+/m1/s1. The number of aryl methyl sites for hydroxylation is 2. The first-order valence-electron chi connectivity index (χ1n) is 7.59. The highest BCUT2D eigenvalue weighted by molar-refractivity contribution is 6.30. The summed E-state index contributed by atoms with van der Waals surface area (Å²) in [5.41, 5.74) is 1.17. The Morgan fingerprint density at radius 1 is 1.41 bits per heavy atom. The van der Waals surface area contributed by atoms with Crippen molar-refractivity contribution in [1.29, 1.82) is 0 Å². The van der Waals surface area contributed by atoms with Crippen LogP contribution >= 0.6 is 11.6 Å². The quantitative estimate of drug-likeness (QED) is 0.920. The molecule has 5 nitrogen and oxygen atoms in total. The van der Waals surface area contributed by atoms with E-state index >= 15 is 0 Å². The van der Waals surface area contributed by atoms with E-state index in [0.717, 1.165) is 36.1 Å². The zero-order valence-corrected chi connectivity index (χ0v) is 13.7. The Labute approximate surface area is 135 Å². The third-order valence-electron chi connectivity index (χ3n) is 3.99. The van der Waals surface area contributed by atoms with Crippen molar-refractivity contribution in [2.24, 2.45) is 0 Å².